The highest BCUT2D eigenvalue weighted by molar-refractivity contribution is 7.92. The zero-order chi connectivity index (χ0) is 36.5. The summed E-state index contributed by atoms with van der Waals surface area (Å²) in [4.78, 5) is 26.2. The van der Waals surface area contributed by atoms with Crippen molar-refractivity contribution in [3.05, 3.63) is 179 Å². The Balaban J connectivity index is 1.34. The number of anilines is 1. The molecule has 7 nitrogen and oxygen atoms in total. The van der Waals surface area contributed by atoms with Crippen LogP contribution in [0, 0.1) is 0 Å². The topological polar surface area (TPSA) is 104 Å². The minimum absolute atomic E-state index is 0.00739. The molecule has 0 saturated heterocycles. The molecule has 6 aromatic rings. The number of carbonyl (C=O) groups excluding carboxylic acids is 1. The molecule has 0 aliphatic carbocycles. The van der Waals surface area contributed by atoms with E-state index in [1.54, 1.807) is 42.5 Å². The molecule has 262 valence electrons. The Hall–Kier alpha value is -5.70. The lowest BCUT2D eigenvalue weighted by atomic mass is 9.98. The molecule has 2 N–H and O–H groups in total. The average Bonchev–Trinajstić information content (AvgIpc) is 3.17. The Bertz CT molecular complexity index is 2230. The number of benzene rings is 6. The Morgan fingerprint density at radius 1 is 0.673 bits per heavy atom. The predicted octanol–water partition coefficient (Wildman–Crippen LogP) is 9.45. The van der Waals surface area contributed by atoms with E-state index in [9.17, 15) is 23.1 Å². The average molecular weight is 729 g/mol. The zero-order valence-electron chi connectivity index (χ0n) is 28.2. The molecule has 0 fully saturated rings. The van der Waals surface area contributed by atoms with Gasteiger partial charge in [-0.3, -0.25) is 13.9 Å². The molecule has 0 aliphatic heterocycles. The molecule has 0 radical (unpaired) electrons. The van der Waals surface area contributed by atoms with Gasteiger partial charge in [0.05, 0.1) is 28.6 Å². The number of carbonyl (C=O) groups is 2. The number of carboxylic acid groups (broad SMARTS) is 1. The summed E-state index contributed by atoms with van der Waals surface area (Å²) in [7, 11) is -4.19. The van der Waals surface area contributed by atoms with Crippen LogP contribution in [-0.2, 0) is 21.2 Å². The van der Waals surface area contributed by atoms with Gasteiger partial charge in [-0.05, 0) is 76.6 Å². The van der Waals surface area contributed by atoms with Gasteiger partial charge in [0.15, 0.2) is 0 Å². The van der Waals surface area contributed by atoms with Crippen molar-refractivity contribution in [2.24, 2.45) is 0 Å². The van der Waals surface area contributed by atoms with Gasteiger partial charge in [0.1, 0.15) is 0 Å². The standard InChI is InChI=1S/C43H37ClN2O5S/c44-37-24-27-41(39(29-37)43(49)45-40(30-42(47)48)36-20-18-34(19-21-36)32-14-6-2-7-15-32)46(28-10-13-31-11-4-1-5-12-31)52(50,51)38-25-22-35(23-26-38)33-16-8-3-9-17-33/h1-9,11-12,14-27,29,40H,10,13,28,30H2,(H,45,49)(H,47,48). The van der Waals surface area contributed by atoms with Crippen molar-refractivity contribution in [3.8, 4) is 22.3 Å². The summed E-state index contributed by atoms with van der Waals surface area (Å²) < 4.78 is 30.3. The summed E-state index contributed by atoms with van der Waals surface area (Å²) in [5.74, 6) is -1.76. The molecule has 0 spiro atoms. The minimum atomic E-state index is -4.19. The van der Waals surface area contributed by atoms with Crippen LogP contribution in [0.25, 0.3) is 22.3 Å². The summed E-state index contributed by atoms with van der Waals surface area (Å²) in [5, 5.41) is 12.9. The zero-order valence-corrected chi connectivity index (χ0v) is 29.8. The van der Waals surface area contributed by atoms with Crippen LogP contribution in [0.15, 0.2) is 163 Å². The van der Waals surface area contributed by atoms with Gasteiger partial charge < -0.3 is 10.4 Å². The van der Waals surface area contributed by atoms with Gasteiger partial charge in [-0.1, -0.05) is 139 Å². The SMILES string of the molecule is O=C(O)CC(NC(=O)c1cc(Cl)ccc1N(CCCc1ccccc1)S(=O)(=O)c1ccc(-c2ccccc2)cc1)c1ccc(-c2ccccc2)cc1. The largest absolute Gasteiger partial charge is 0.481 e. The van der Waals surface area contributed by atoms with Gasteiger partial charge in [0, 0.05) is 11.6 Å². The van der Waals surface area contributed by atoms with Gasteiger partial charge in [-0.2, -0.15) is 0 Å². The molecule has 9 heteroatoms. The molecule has 0 aromatic heterocycles. The van der Waals surface area contributed by atoms with Crippen molar-refractivity contribution in [3.63, 3.8) is 0 Å². The van der Waals surface area contributed by atoms with Crippen molar-refractivity contribution >= 4 is 39.2 Å². The van der Waals surface area contributed by atoms with E-state index < -0.39 is 27.9 Å². The summed E-state index contributed by atoms with van der Waals surface area (Å²) in [6.07, 6.45) is 0.679. The van der Waals surface area contributed by atoms with Crippen molar-refractivity contribution in [2.75, 3.05) is 10.8 Å². The fourth-order valence-electron chi connectivity index (χ4n) is 6.13. The molecule has 1 unspecified atom stereocenters. The summed E-state index contributed by atoms with van der Waals surface area (Å²) in [5.41, 5.74) is 5.54. The monoisotopic (exact) mass is 728 g/mol. The molecule has 0 heterocycles. The molecular weight excluding hydrogens is 692 g/mol. The second kappa shape index (κ2) is 16.5. The van der Waals surface area contributed by atoms with E-state index >= 15 is 0 Å². The minimum Gasteiger partial charge on any atom is -0.481 e. The molecule has 0 aliphatic rings. The first-order chi connectivity index (χ1) is 25.2. The smallest absolute Gasteiger partial charge is 0.305 e. The van der Waals surface area contributed by atoms with Crippen LogP contribution in [0.5, 0.6) is 0 Å². The summed E-state index contributed by atoms with van der Waals surface area (Å²) in [6, 6.07) is 46.7. The number of sulfonamides is 1. The van der Waals surface area contributed by atoms with Crippen molar-refractivity contribution < 1.29 is 23.1 Å². The van der Waals surface area contributed by atoms with Crippen LogP contribution < -0.4 is 9.62 Å². The molecule has 52 heavy (non-hydrogen) atoms. The summed E-state index contributed by atoms with van der Waals surface area (Å²) >= 11 is 6.43. The van der Waals surface area contributed by atoms with E-state index in [1.807, 2.05) is 103 Å². The number of halogens is 1. The Morgan fingerprint density at radius 2 is 1.19 bits per heavy atom. The molecule has 6 aromatic carbocycles. The first-order valence-corrected chi connectivity index (χ1v) is 18.7. The fourth-order valence-corrected chi connectivity index (χ4v) is 7.82. The Kier molecular flexibility index (Phi) is 11.5. The predicted molar refractivity (Wildman–Crippen MR) is 207 cm³/mol. The van der Waals surface area contributed by atoms with Crippen LogP contribution in [0.2, 0.25) is 5.02 Å². The first-order valence-electron chi connectivity index (χ1n) is 16.9. The maximum atomic E-state index is 14.5. The van der Waals surface area contributed by atoms with Crippen LogP contribution in [0.3, 0.4) is 0 Å². The van der Waals surface area contributed by atoms with E-state index in [4.69, 9.17) is 11.6 Å². The lowest BCUT2D eigenvalue weighted by Crippen LogP contribution is -2.36. The van der Waals surface area contributed by atoms with E-state index in [0.29, 0.717) is 18.4 Å². The van der Waals surface area contributed by atoms with Crippen molar-refractivity contribution in [1.29, 1.82) is 0 Å². The molecule has 0 bridgehead atoms. The number of hydrogen-bond donors (Lipinski definition) is 2. The maximum absolute atomic E-state index is 14.5. The van der Waals surface area contributed by atoms with Crippen molar-refractivity contribution in [1.82, 2.24) is 5.32 Å². The second-order valence-electron chi connectivity index (χ2n) is 12.3. The number of nitrogens with one attached hydrogen (secondary N) is 1. The fraction of sp³-hybridized carbons (Fsp3) is 0.116. The summed E-state index contributed by atoms with van der Waals surface area (Å²) in [6.45, 7) is 0.0685. The Labute approximate surface area is 309 Å². The van der Waals surface area contributed by atoms with Gasteiger partial charge in [-0.15, -0.1) is 0 Å². The van der Waals surface area contributed by atoms with Crippen molar-refractivity contribution in [2.45, 2.75) is 30.2 Å². The number of amides is 1. The normalized spacial score (nSPS) is 11.8. The van der Waals surface area contributed by atoms with E-state index in [1.165, 1.54) is 16.4 Å². The molecule has 1 atom stereocenters. The highest BCUT2D eigenvalue weighted by Gasteiger charge is 2.30. The number of carboxylic acids is 1. The molecular formula is C43H37ClN2O5S. The second-order valence-corrected chi connectivity index (χ2v) is 14.6. The van der Waals surface area contributed by atoms with Gasteiger partial charge in [-0.25, -0.2) is 8.42 Å². The third kappa shape index (κ3) is 8.77. The lowest BCUT2D eigenvalue weighted by molar-refractivity contribution is -0.137. The van der Waals surface area contributed by atoms with E-state index in [0.717, 1.165) is 27.8 Å². The van der Waals surface area contributed by atoms with Crippen LogP contribution in [0.1, 0.15) is 40.4 Å². The van der Waals surface area contributed by atoms with Crippen LogP contribution >= 0.6 is 11.6 Å². The first kappa shape index (κ1) is 36.1. The Morgan fingerprint density at radius 3 is 1.75 bits per heavy atom. The van der Waals surface area contributed by atoms with E-state index in [2.05, 4.69) is 5.32 Å². The van der Waals surface area contributed by atoms with Gasteiger partial charge in [0.25, 0.3) is 15.9 Å². The highest BCUT2D eigenvalue weighted by Crippen LogP contribution is 2.32. The van der Waals surface area contributed by atoms with Crippen LogP contribution in [-0.4, -0.2) is 31.9 Å². The number of nitrogens with zero attached hydrogens (tertiary/aromatic N) is 1. The highest BCUT2D eigenvalue weighted by atomic mass is 35.5. The van der Waals surface area contributed by atoms with E-state index in [-0.39, 0.29) is 34.1 Å². The quantitative estimate of drug-likeness (QED) is 0.116. The third-order valence-corrected chi connectivity index (χ3v) is 10.9. The molecule has 6 rings (SSSR count). The number of hydrogen-bond acceptors (Lipinski definition) is 4. The molecule has 1 amide bonds. The van der Waals surface area contributed by atoms with Gasteiger partial charge >= 0.3 is 5.97 Å². The third-order valence-electron chi connectivity index (χ3n) is 8.80. The lowest BCUT2D eigenvalue weighted by Gasteiger charge is -2.27. The molecule has 0 saturated carbocycles. The number of aryl methyl sites for hydroxylation is 1. The maximum Gasteiger partial charge on any atom is 0.305 e. The van der Waals surface area contributed by atoms with Gasteiger partial charge in [0.2, 0.25) is 0 Å². The van der Waals surface area contributed by atoms with Crippen LogP contribution in [0.4, 0.5) is 5.69 Å². The number of aliphatic carboxylic acids is 1. The number of rotatable bonds is 14.